The van der Waals surface area contributed by atoms with E-state index in [2.05, 4.69) is 25.6 Å². The van der Waals surface area contributed by atoms with Crippen molar-refractivity contribution in [1.82, 2.24) is 15.0 Å². The average molecular weight is 375 g/mol. The smallest absolute Gasteiger partial charge is 0.230 e. The number of rotatable bonds is 5. The average Bonchev–Trinajstić information content (AvgIpc) is 3.09. The molecule has 0 fully saturated rings. The van der Waals surface area contributed by atoms with E-state index in [1.165, 1.54) is 11.3 Å². The van der Waals surface area contributed by atoms with Crippen LogP contribution >= 0.6 is 11.3 Å². The van der Waals surface area contributed by atoms with Crippen LogP contribution < -0.4 is 10.6 Å². The number of anilines is 3. The van der Waals surface area contributed by atoms with Crippen molar-refractivity contribution in [2.75, 3.05) is 10.6 Å². The van der Waals surface area contributed by atoms with Crippen LogP contribution in [0.15, 0.2) is 60.1 Å². The second-order valence-electron chi connectivity index (χ2n) is 6.03. The van der Waals surface area contributed by atoms with Gasteiger partial charge < -0.3 is 10.6 Å². The fourth-order valence-corrected chi connectivity index (χ4v) is 3.43. The molecule has 0 atom stereocenters. The van der Waals surface area contributed by atoms with Crippen LogP contribution in [0.3, 0.4) is 0 Å². The van der Waals surface area contributed by atoms with Crippen LogP contribution in [0.1, 0.15) is 11.4 Å². The highest BCUT2D eigenvalue weighted by molar-refractivity contribution is 7.13. The van der Waals surface area contributed by atoms with Crippen LogP contribution in [-0.2, 0) is 11.2 Å². The number of amides is 1. The lowest BCUT2D eigenvalue weighted by molar-refractivity contribution is -0.115. The van der Waals surface area contributed by atoms with Gasteiger partial charge in [-0.2, -0.15) is 0 Å². The summed E-state index contributed by atoms with van der Waals surface area (Å²) in [6.07, 6.45) is 1.92. The van der Waals surface area contributed by atoms with E-state index in [0.29, 0.717) is 10.8 Å². The number of hydrogen-bond donors (Lipinski definition) is 2. The van der Waals surface area contributed by atoms with Gasteiger partial charge in [-0.05, 0) is 43.3 Å². The van der Waals surface area contributed by atoms with E-state index in [1.807, 2.05) is 60.8 Å². The number of nitrogens with one attached hydrogen (secondary N) is 2. The molecule has 6 nitrogen and oxygen atoms in total. The van der Waals surface area contributed by atoms with Crippen molar-refractivity contribution in [3.8, 4) is 0 Å². The summed E-state index contributed by atoms with van der Waals surface area (Å²) in [5, 5.41) is 9.60. The number of thiazole rings is 1. The van der Waals surface area contributed by atoms with Crippen LogP contribution in [0.2, 0.25) is 0 Å². The zero-order chi connectivity index (χ0) is 18.6. The first-order chi connectivity index (χ1) is 13.2. The maximum absolute atomic E-state index is 12.5. The Morgan fingerprint density at radius 3 is 2.85 bits per heavy atom. The van der Waals surface area contributed by atoms with Gasteiger partial charge in [-0.3, -0.25) is 9.78 Å². The summed E-state index contributed by atoms with van der Waals surface area (Å²) in [4.78, 5) is 25.6. The van der Waals surface area contributed by atoms with E-state index in [9.17, 15) is 4.79 Å². The van der Waals surface area contributed by atoms with Crippen molar-refractivity contribution < 1.29 is 4.79 Å². The zero-order valence-corrected chi connectivity index (χ0v) is 15.5. The summed E-state index contributed by atoms with van der Waals surface area (Å²) in [6.45, 7) is 1.95. The highest BCUT2D eigenvalue weighted by Gasteiger charge is 2.10. The van der Waals surface area contributed by atoms with Crippen molar-refractivity contribution in [2.45, 2.75) is 13.3 Å². The van der Waals surface area contributed by atoms with E-state index in [4.69, 9.17) is 0 Å². The molecule has 4 aromatic rings. The molecule has 0 unspecified atom stereocenters. The number of hydrogen-bond acceptors (Lipinski definition) is 6. The Morgan fingerprint density at radius 2 is 2.00 bits per heavy atom. The van der Waals surface area contributed by atoms with E-state index in [-0.39, 0.29) is 12.3 Å². The van der Waals surface area contributed by atoms with E-state index < -0.39 is 0 Å². The molecule has 0 aliphatic carbocycles. The number of fused-ring (bicyclic) bond motifs is 1. The third-order valence-electron chi connectivity index (χ3n) is 3.94. The second-order valence-corrected chi connectivity index (χ2v) is 6.89. The van der Waals surface area contributed by atoms with Gasteiger partial charge in [0.1, 0.15) is 5.82 Å². The lowest BCUT2D eigenvalue weighted by Crippen LogP contribution is -2.15. The zero-order valence-electron chi connectivity index (χ0n) is 14.6. The molecule has 0 aliphatic rings. The number of pyridine rings is 2. The van der Waals surface area contributed by atoms with Crippen LogP contribution in [0.5, 0.6) is 0 Å². The number of aryl methyl sites for hydroxylation is 1. The van der Waals surface area contributed by atoms with Crippen LogP contribution in [0, 0.1) is 6.92 Å². The third kappa shape index (κ3) is 4.09. The maximum Gasteiger partial charge on any atom is 0.230 e. The third-order valence-corrected chi connectivity index (χ3v) is 4.75. The minimum Gasteiger partial charge on any atom is -0.325 e. The SMILES string of the molecule is Cc1ccc2c(NC(=O)Cc3csc(Nc4ccccn4)n3)cccc2n1. The quantitative estimate of drug-likeness (QED) is 0.543. The number of benzene rings is 1. The first-order valence-corrected chi connectivity index (χ1v) is 9.34. The summed E-state index contributed by atoms with van der Waals surface area (Å²) >= 11 is 1.44. The second kappa shape index (κ2) is 7.51. The monoisotopic (exact) mass is 375 g/mol. The summed E-state index contributed by atoms with van der Waals surface area (Å²) in [5.41, 5.74) is 3.28. The fourth-order valence-electron chi connectivity index (χ4n) is 2.72. The van der Waals surface area contributed by atoms with Gasteiger partial charge in [0, 0.05) is 22.7 Å². The van der Waals surface area contributed by atoms with Gasteiger partial charge in [0.15, 0.2) is 5.13 Å². The summed E-state index contributed by atoms with van der Waals surface area (Å²) < 4.78 is 0. The van der Waals surface area contributed by atoms with Crippen LogP contribution in [0.25, 0.3) is 10.9 Å². The van der Waals surface area contributed by atoms with Gasteiger partial charge in [0.2, 0.25) is 5.91 Å². The lowest BCUT2D eigenvalue weighted by Gasteiger charge is -2.08. The Hall–Kier alpha value is -3.32. The lowest BCUT2D eigenvalue weighted by atomic mass is 10.1. The highest BCUT2D eigenvalue weighted by atomic mass is 32.1. The Bertz CT molecular complexity index is 1090. The minimum atomic E-state index is -0.113. The Balaban J connectivity index is 1.44. The van der Waals surface area contributed by atoms with Gasteiger partial charge in [0.05, 0.1) is 23.3 Å². The molecular weight excluding hydrogens is 358 g/mol. The molecule has 4 rings (SSSR count). The van der Waals surface area contributed by atoms with Crippen molar-refractivity contribution >= 4 is 44.8 Å². The van der Waals surface area contributed by atoms with Crippen molar-refractivity contribution in [1.29, 1.82) is 0 Å². The predicted octanol–water partition coefficient (Wildman–Crippen LogP) is 4.32. The van der Waals surface area contributed by atoms with Gasteiger partial charge in [-0.15, -0.1) is 11.3 Å². The molecule has 134 valence electrons. The van der Waals surface area contributed by atoms with E-state index in [0.717, 1.165) is 28.1 Å². The van der Waals surface area contributed by atoms with Crippen molar-refractivity contribution in [3.05, 3.63) is 71.5 Å². The molecule has 7 heteroatoms. The van der Waals surface area contributed by atoms with E-state index >= 15 is 0 Å². The molecule has 0 spiro atoms. The molecule has 0 aliphatic heterocycles. The van der Waals surface area contributed by atoms with Gasteiger partial charge >= 0.3 is 0 Å². The first kappa shape index (κ1) is 17.1. The Morgan fingerprint density at radius 1 is 1.07 bits per heavy atom. The number of carbonyl (C=O) groups excluding carboxylic acids is 1. The maximum atomic E-state index is 12.5. The topological polar surface area (TPSA) is 79.8 Å². The summed E-state index contributed by atoms with van der Waals surface area (Å²) in [7, 11) is 0. The van der Waals surface area contributed by atoms with E-state index in [1.54, 1.807) is 6.20 Å². The number of carbonyl (C=O) groups is 1. The molecule has 0 radical (unpaired) electrons. The molecule has 0 bridgehead atoms. The molecule has 0 saturated carbocycles. The molecule has 0 saturated heterocycles. The number of nitrogens with zero attached hydrogens (tertiary/aromatic N) is 3. The van der Waals surface area contributed by atoms with Gasteiger partial charge in [-0.25, -0.2) is 9.97 Å². The van der Waals surface area contributed by atoms with Crippen LogP contribution in [-0.4, -0.2) is 20.9 Å². The summed E-state index contributed by atoms with van der Waals surface area (Å²) in [5.74, 6) is 0.610. The summed E-state index contributed by atoms with van der Waals surface area (Å²) in [6, 6.07) is 15.2. The fraction of sp³-hybridized carbons (Fsp3) is 0.100. The molecule has 3 heterocycles. The molecule has 3 aromatic heterocycles. The predicted molar refractivity (Wildman–Crippen MR) is 108 cm³/mol. The largest absolute Gasteiger partial charge is 0.325 e. The Labute approximate surface area is 160 Å². The standard InChI is InChI=1S/C20H17N5OS/c1-13-8-9-15-16(22-13)5-4-6-17(15)24-19(26)11-14-12-27-20(23-14)25-18-7-2-3-10-21-18/h2-10,12H,11H2,1H3,(H,24,26)(H,21,23,25). The normalized spacial score (nSPS) is 10.7. The first-order valence-electron chi connectivity index (χ1n) is 8.46. The van der Waals surface area contributed by atoms with Crippen LogP contribution in [0.4, 0.5) is 16.6 Å². The Kier molecular flexibility index (Phi) is 4.76. The minimum absolute atomic E-state index is 0.113. The van der Waals surface area contributed by atoms with Crippen molar-refractivity contribution in [2.24, 2.45) is 0 Å². The van der Waals surface area contributed by atoms with Crippen molar-refractivity contribution in [3.63, 3.8) is 0 Å². The molecule has 1 amide bonds. The van der Waals surface area contributed by atoms with Gasteiger partial charge in [0.25, 0.3) is 0 Å². The molecule has 2 N–H and O–H groups in total. The molecule has 1 aromatic carbocycles. The molecular formula is C20H17N5OS. The number of aromatic nitrogens is 3. The van der Waals surface area contributed by atoms with Gasteiger partial charge in [-0.1, -0.05) is 12.1 Å². The highest BCUT2D eigenvalue weighted by Crippen LogP contribution is 2.23. The molecule has 27 heavy (non-hydrogen) atoms.